The topological polar surface area (TPSA) is 80.1 Å². The van der Waals surface area contributed by atoms with Crippen LogP contribution in [0.5, 0.6) is 0 Å². The number of nitrogens with zero attached hydrogens (tertiary/aromatic N) is 2. The van der Waals surface area contributed by atoms with Gasteiger partial charge in [-0.05, 0) is 5.56 Å². The lowest BCUT2D eigenvalue weighted by Crippen LogP contribution is -2.44. The van der Waals surface area contributed by atoms with Gasteiger partial charge < -0.3 is 4.74 Å². The summed E-state index contributed by atoms with van der Waals surface area (Å²) in [5.74, 6) is -1.99. The first-order valence-electron chi connectivity index (χ1n) is 5.31. The van der Waals surface area contributed by atoms with Crippen molar-refractivity contribution < 1.29 is 14.3 Å². The first-order valence-corrected chi connectivity index (χ1v) is 5.31. The highest BCUT2D eigenvalue weighted by atomic mass is 16.6. The van der Waals surface area contributed by atoms with Crippen LogP contribution >= 0.6 is 0 Å². The SMILES string of the molecule is O=CNC1(OC(=O)Cc2ccccc2)C=CN=N1. The third kappa shape index (κ3) is 2.79. The summed E-state index contributed by atoms with van der Waals surface area (Å²) in [5.41, 5.74) is 0.822. The molecule has 1 N–H and O–H groups in total. The molecule has 0 bridgehead atoms. The molecule has 0 spiro atoms. The predicted octanol–water partition coefficient (Wildman–Crippen LogP) is 1.15. The van der Waals surface area contributed by atoms with Crippen LogP contribution in [0.3, 0.4) is 0 Å². The highest BCUT2D eigenvalue weighted by Gasteiger charge is 2.33. The van der Waals surface area contributed by atoms with E-state index in [9.17, 15) is 9.59 Å². The first kappa shape index (κ1) is 12.0. The molecule has 6 nitrogen and oxygen atoms in total. The molecule has 18 heavy (non-hydrogen) atoms. The number of hydrogen-bond donors (Lipinski definition) is 1. The van der Waals surface area contributed by atoms with Crippen LogP contribution < -0.4 is 5.32 Å². The summed E-state index contributed by atoms with van der Waals surface area (Å²) in [6, 6.07) is 9.15. The second kappa shape index (κ2) is 5.22. The molecule has 1 aromatic carbocycles. The van der Waals surface area contributed by atoms with E-state index in [4.69, 9.17) is 4.74 Å². The first-order chi connectivity index (χ1) is 8.74. The van der Waals surface area contributed by atoms with Crippen LogP contribution in [0.4, 0.5) is 0 Å². The minimum Gasteiger partial charge on any atom is -0.412 e. The molecule has 0 fully saturated rings. The maximum Gasteiger partial charge on any atom is 0.323 e. The van der Waals surface area contributed by atoms with Gasteiger partial charge in [-0.15, -0.1) is 5.11 Å². The maximum absolute atomic E-state index is 11.7. The van der Waals surface area contributed by atoms with E-state index in [1.54, 1.807) is 0 Å². The standard InChI is InChI=1S/C12H11N3O3/c16-9-13-12(6-7-14-15-12)18-11(17)8-10-4-2-1-3-5-10/h1-7,9H,8H2,(H,13,16). The fourth-order valence-corrected chi connectivity index (χ4v) is 1.50. The van der Waals surface area contributed by atoms with Crippen molar-refractivity contribution in [1.82, 2.24) is 5.32 Å². The van der Waals surface area contributed by atoms with E-state index in [0.717, 1.165) is 5.56 Å². The van der Waals surface area contributed by atoms with Crippen LogP contribution in [-0.2, 0) is 20.7 Å². The second-order valence-corrected chi connectivity index (χ2v) is 3.63. The fraction of sp³-hybridized carbons (Fsp3) is 0.167. The van der Waals surface area contributed by atoms with Crippen molar-refractivity contribution in [2.45, 2.75) is 12.3 Å². The Bertz CT molecular complexity index is 485. The van der Waals surface area contributed by atoms with Gasteiger partial charge in [0.05, 0.1) is 12.6 Å². The Kier molecular flexibility index (Phi) is 3.47. The Balaban J connectivity index is 2.00. The van der Waals surface area contributed by atoms with Crippen molar-refractivity contribution in [3.63, 3.8) is 0 Å². The largest absolute Gasteiger partial charge is 0.412 e. The summed E-state index contributed by atoms with van der Waals surface area (Å²) in [6.07, 6.45) is 3.26. The average Bonchev–Trinajstić information content (AvgIpc) is 2.79. The van der Waals surface area contributed by atoms with Crippen LogP contribution in [-0.4, -0.2) is 18.2 Å². The zero-order valence-corrected chi connectivity index (χ0v) is 9.45. The Labute approximate surface area is 103 Å². The summed E-state index contributed by atoms with van der Waals surface area (Å²) in [7, 11) is 0. The quantitative estimate of drug-likeness (QED) is 0.480. The number of carbonyl (C=O) groups is 2. The number of carbonyl (C=O) groups excluding carboxylic acids is 2. The minimum absolute atomic E-state index is 0.104. The van der Waals surface area contributed by atoms with Crippen LogP contribution in [0.25, 0.3) is 0 Å². The van der Waals surface area contributed by atoms with Crippen molar-refractivity contribution in [2.75, 3.05) is 0 Å². The molecule has 1 atom stereocenters. The molecule has 1 aliphatic heterocycles. The van der Waals surface area contributed by atoms with Crippen molar-refractivity contribution >= 4 is 12.4 Å². The van der Waals surface area contributed by atoms with E-state index in [-0.39, 0.29) is 6.42 Å². The Hall–Kier alpha value is -2.50. The van der Waals surface area contributed by atoms with Crippen molar-refractivity contribution in [2.24, 2.45) is 10.2 Å². The average molecular weight is 245 g/mol. The summed E-state index contributed by atoms with van der Waals surface area (Å²) < 4.78 is 5.11. The van der Waals surface area contributed by atoms with Gasteiger partial charge in [0.15, 0.2) is 0 Å². The van der Waals surface area contributed by atoms with Crippen molar-refractivity contribution in [3.05, 3.63) is 48.2 Å². The molecule has 0 saturated carbocycles. The number of benzene rings is 1. The van der Waals surface area contributed by atoms with Gasteiger partial charge in [-0.2, -0.15) is 5.11 Å². The zero-order chi connectivity index (χ0) is 12.8. The lowest BCUT2D eigenvalue weighted by atomic mass is 10.1. The van der Waals surface area contributed by atoms with E-state index in [0.29, 0.717) is 6.41 Å². The number of esters is 1. The third-order valence-corrected chi connectivity index (χ3v) is 2.30. The smallest absolute Gasteiger partial charge is 0.323 e. The monoisotopic (exact) mass is 245 g/mol. The summed E-state index contributed by atoms with van der Waals surface area (Å²) in [4.78, 5) is 22.2. The highest BCUT2D eigenvalue weighted by Crippen LogP contribution is 2.18. The van der Waals surface area contributed by atoms with Gasteiger partial charge in [0.1, 0.15) is 0 Å². The molecule has 0 aromatic heterocycles. The normalized spacial score (nSPS) is 20.7. The second-order valence-electron chi connectivity index (χ2n) is 3.63. The van der Waals surface area contributed by atoms with Gasteiger partial charge in [0.25, 0.3) is 0 Å². The predicted molar refractivity (Wildman–Crippen MR) is 62.2 cm³/mol. The van der Waals surface area contributed by atoms with Crippen LogP contribution in [0.2, 0.25) is 0 Å². The molecule has 1 unspecified atom stereocenters. The molecule has 1 amide bonds. The molecule has 6 heteroatoms. The molecule has 92 valence electrons. The summed E-state index contributed by atoms with van der Waals surface area (Å²) in [5, 5.41) is 9.53. The third-order valence-electron chi connectivity index (χ3n) is 2.30. The summed E-state index contributed by atoms with van der Waals surface area (Å²) >= 11 is 0. The lowest BCUT2D eigenvalue weighted by Gasteiger charge is -2.21. The van der Waals surface area contributed by atoms with E-state index >= 15 is 0 Å². The fourth-order valence-electron chi connectivity index (χ4n) is 1.50. The van der Waals surface area contributed by atoms with Crippen LogP contribution in [0.15, 0.2) is 52.8 Å². The molecular formula is C12H11N3O3. The van der Waals surface area contributed by atoms with E-state index in [2.05, 4.69) is 15.5 Å². The molecular weight excluding hydrogens is 234 g/mol. The Morgan fingerprint density at radius 3 is 2.78 bits per heavy atom. The maximum atomic E-state index is 11.7. The Morgan fingerprint density at radius 2 is 2.17 bits per heavy atom. The van der Waals surface area contributed by atoms with Gasteiger partial charge in [-0.1, -0.05) is 30.3 Å². The van der Waals surface area contributed by atoms with E-state index in [1.807, 2.05) is 30.3 Å². The Morgan fingerprint density at radius 1 is 1.39 bits per heavy atom. The van der Waals surface area contributed by atoms with E-state index < -0.39 is 11.8 Å². The molecule has 0 saturated heterocycles. The van der Waals surface area contributed by atoms with Gasteiger partial charge in [-0.3, -0.25) is 14.9 Å². The lowest BCUT2D eigenvalue weighted by molar-refractivity contribution is -0.157. The number of nitrogens with one attached hydrogen (secondary N) is 1. The number of rotatable bonds is 5. The number of ether oxygens (including phenoxy) is 1. The van der Waals surface area contributed by atoms with E-state index in [1.165, 1.54) is 12.3 Å². The molecule has 1 heterocycles. The van der Waals surface area contributed by atoms with Crippen LogP contribution in [0, 0.1) is 0 Å². The molecule has 1 aliphatic rings. The molecule has 0 radical (unpaired) electrons. The number of hydrogen-bond acceptors (Lipinski definition) is 5. The number of amides is 1. The molecule has 0 aliphatic carbocycles. The molecule has 2 rings (SSSR count). The molecule has 1 aromatic rings. The highest BCUT2D eigenvalue weighted by molar-refractivity contribution is 5.73. The van der Waals surface area contributed by atoms with Gasteiger partial charge >= 0.3 is 11.8 Å². The van der Waals surface area contributed by atoms with Gasteiger partial charge in [0, 0.05) is 6.08 Å². The number of azo groups is 1. The van der Waals surface area contributed by atoms with Crippen molar-refractivity contribution in [3.8, 4) is 0 Å². The minimum atomic E-state index is -1.49. The van der Waals surface area contributed by atoms with Crippen LogP contribution in [0.1, 0.15) is 5.56 Å². The van der Waals surface area contributed by atoms with Gasteiger partial charge in [-0.25, -0.2) is 0 Å². The van der Waals surface area contributed by atoms with Gasteiger partial charge in [0.2, 0.25) is 6.41 Å². The summed E-state index contributed by atoms with van der Waals surface area (Å²) in [6.45, 7) is 0. The van der Waals surface area contributed by atoms with Crippen molar-refractivity contribution in [1.29, 1.82) is 0 Å². The zero-order valence-electron chi connectivity index (χ0n) is 9.45.